The van der Waals surface area contributed by atoms with E-state index in [4.69, 9.17) is 0 Å². The SMILES string of the molecule is O=C(CCC1CCNCC1)NCCN1CCN(c2ncccn2)CC1. The average molecular weight is 346 g/mol. The predicted molar refractivity (Wildman–Crippen MR) is 98.5 cm³/mol. The molecule has 0 saturated carbocycles. The Hall–Kier alpha value is -1.73. The van der Waals surface area contributed by atoms with E-state index in [1.54, 1.807) is 12.4 Å². The zero-order chi connectivity index (χ0) is 17.3. The number of rotatable bonds is 7. The summed E-state index contributed by atoms with van der Waals surface area (Å²) in [4.78, 5) is 25.2. The lowest BCUT2D eigenvalue weighted by molar-refractivity contribution is -0.121. The van der Waals surface area contributed by atoms with E-state index in [-0.39, 0.29) is 5.91 Å². The van der Waals surface area contributed by atoms with Crippen LogP contribution in [0.15, 0.2) is 18.5 Å². The van der Waals surface area contributed by atoms with Crippen molar-refractivity contribution in [3.8, 4) is 0 Å². The first-order valence-corrected chi connectivity index (χ1v) is 9.53. The number of piperidine rings is 1. The molecule has 7 nitrogen and oxygen atoms in total. The van der Waals surface area contributed by atoms with E-state index in [1.807, 2.05) is 6.07 Å². The summed E-state index contributed by atoms with van der Waals surface area (Å²) in [7, 11) is 0. The van der Waals surface area contributed by atoms with E-state index in [1.165, 1.54) is 12.8 Å². The highest BCUT2D eigenvalue weighted by Crippen LogP contribution is 2.17. The van der Waals surface area contributed by atoms with Crippen LogP contribution < -0.4 is 15.5 Å². The Morgan fingerprint density at radius 1 is 1.16 bits per heavy atom. The summed E-state index contributed by atoms with van der Waals surface area (Å²) < 4.78 is 0. The lowest BCUT2D eigenvalue weighted by Crippen LogP contribution is -2.49. The van der Waals surface area contributed by atoms with Gasteiger partial charge in [-0.1, -0.05) is 0 Å². The molecule has 2 aliphatic rings. The quantitative estimate of drug-likeness (QED) is 0.749. The molecular weight excluding hydrogens is 316 g/mol. The highest BCUT2D eigenvalue weighted by atomic mass is 16.1. The minimum Gasteiger partial charge on any atom is -0.355 e. The van der Waals surface area contributed by atoms with Crippen LogP contribution in [0.25, 0.3) is 0 Å². The third kappa shape index (κ3) is 5.93. The molecule has 1 amide bonds. The van der Waals surface area contributed by atoms with Gasteiger partial charge in [0.15, 0.2) is 0 Å². The fourth-order valence-electron chi connectivity index (χ4n) is 3.57. The molecule has 2 N–H and O–H groups in total. The van der Waals surface area contributed by atoms with Gasteiger partial charge in [-0.3, -0.25) is 9.69 Å². The van der Waals surface area contributed by atoms with Gasteiger partial charge in [-0.05, 0) is 44.3 Å². The summed E-state index contributed by atoms with van der Waals surface area (Å²) in [6, 6.07) is 1.84. The molecule has 0 aromatic carbocycles. The molecule has 1 aromatic heterocycles. The number of hydrogen-bond acceptors (Lipinski definition) is 6. The van der Waals surface area contributed by atoms with Gasteiger partial charge in [0.05, 0.1) is 0 Å². The van der Waals surface area contributed by atoms with Crippen LogP contribution in [-0.4, -0.2) is 73.1 Å². The zero-order valence-corrected chi connectivity index (χ0v) is 15.0. The van der Waals surface area contributed by atoms with Crippen LogP contribution in [0.2, 0.25) is 0 Å². The number of carbonyl (C=O) groups excluding carboxylic acids is 1. The maximum Gasteiger partial charge on any atom is 0.225 e. The van der Waals surface area contributed by atoms with Crippen molar-refractivity contribution in [1.82, 2.24) is 25.5 Å². The molecule has 3 rings (SSSR count). The molecule has 0 radical (unpaired) electrons. The molecule has 7 heteroatoms. The molecule has 0 bridgehead atoms. The van der Waals surface area contributed by atoms with E-state index in [0.29, 0.717) is 6.42 Å². The standard InChI is InChI=1S/C18H30N6O/c25-17(3-2-16-4-8-19-9-5-16)20-10-11-23-12-14-24(15-13-23)18-21-6-1-7-22-18/h1,6-7,16,19H,2-5,8-15H2,(H,20,25). The second-order valence-electron chi connectivity index (χ2n) is 6.96. The number of amides is 1. The third-order valence-corrected chi connectivity index (χ3v) is 5.20. The molecule has 1 aromatic rings. The van der Waals surface area contributed by atoms with Crippen molar-refractivity contribution in [3.05, 3.63) is 18.5 Å². The van der Waals surface area contributed by atoms with Gasteiger partial charge in [0.25, 0.3) is 0 Å². The Morgan fingerprint density at radius 2 is 1.88 bits per heavy atom. The number of nitrogens with zero attached hydrogens (tertiary/aromatic N) is 4. The van der Waals surface area contributed by atoms with E-state index >= 15 is 0 Å². The summed E-state index contributed by atoms with van der Waals surface area (Å²) in [5.41, 5.74) is 0. The van der Waals surface area contributed by atoms with E-state index in [0.717, 1.165) is 70.6 Å². The van der Waals surface area contributed by atoms with Gasteiger partial charge in [-0.2, -0.15) is 0 Å². The number of anilines is 1. The van der Waals surface area contributed by atoms with Crippen LogP contribution in [0.4, 0.5) is 5.95 Å². The number of aromatic nitrogens is 2. The van der Waals surface area contributed by atoms with Crippen molar-refractivity contribution in [1.29, 1.82) is 0 Å². The van der Waals surface area contributed by atoms with Crippen LogP contribution >= 0.6 is 0 Å². The summed E-state index contributed by atoms with van der Waals surface area (Å²) in [6.07, 6.45) is 7.70. The van der Waals surface area contributed by atoms with E-state index in [2.05, 4.69) is 30.4 Å². The Kier molecular flexibility index (Phi) is 6.99. The van der Waals surface area contributed by atoms with Crippen molar-refractivity contribution >= 4 is 11.9 Å². The Morgan fingerprint density at radius 3 is 2.60 bits per heavy atom. The van der Waals surface area contributed by atoms with Crippen LogP contribution in [0.5, 0.6) is 0 Å². The monoisotopic (exact) mass is 346 g/mol. The first-order chi connectivity index (χ1) is 12.3. The summed E-state index contributed by atoms with van der Waals surface area (Å²) in [6.45, 7) is 7.72. The maximum absolute atomic E-state index is 12.0. The highest BCUT2D eigenvalue weighted by Gasteiger charge is 2.18. The molecular formula is C18H30N6O. The van der Waals surface area contributed by atoms with Gasteiger partial charge in [-0.15, -0.1) is 0 Å². The smallest absolute Gasteiger partial charge is 0.225 e. The van der Waals surface area contributed by atoms with Gasteiger partial charge in [0.1, 0.15) is 0 Å². The average Bonchev–Trinajstić information content (AvgIpc) is 2.68. The topological polar surface area (TPSA) is 73.4 Å². The Labute approximate surface area is 150 Å². The molecule has 0 spiro atoms. The molecule has 0 aliphatic carbocycles. The van der Waals surface area contributed by atoms with Gasteiger partial charge >= 0.3 is 0 Å². The van der Waals surface area contributed by atoms with Gasteiger partial charge in [0.2, 0.25) is 11.9 Å². The lowest BCUT2D eigenvalue weighted by atomic mass is 9.93. The summed E-state index contributed by atoms with van der Waals surface area (Å²) in [5.74, 6) is 1.74. The van der Waals surface area contributed by atoms with E-state index < -0.39 is 0 Å². The van der Waals surface area contributed by atoms with Crippen molar-refractivity contribution in [2.24, 2.45) is 5.92 Å². The molecule has 138 valence electrons. The Balaban J connectivity index is 1.26. The second-order valence-corrected chi connectivity index (χ2v) is 6.96. The van der Waals surface area contributed by atoms with Crippen LogP contribution in [0.1, 0.15) is 25.7 Å². The molecule has 0 unspecified atom stereocenters. The fourth-order valence-corrected chi connectivity index (χ4v) is 3.57. The molecule has 0 atom stereocenters. The predicted octanol–water partition coefficient (Wildman–Crippen LogP) is 0.495. The van der Waals surface area contributed by atoms with Gasteiger partial charge in [0, 0.05) is 58.1 Å². The van der Waals surface area contributed by atoms with Crippen molar-refractivity contribution < 1.29 is 4.79 Å². The number of piperazine rings is 1. The molecule has 3 heterocycles. The minimum absolute atomic E-state index is 0.204. The van der Waals surface area contributed by atoms with Crippen molar-refractivity contribution in [3.63, 3.8) is 0 Å². The highest BCUT2D eigenvalue weighted by molar-refractivity contribution is 5.75. The van der Waals surface area contributed by atoms with Crippen molar-refractivity contribution in [2.45, 2.75) is 25.7 Å². The van der Waals surface area contributed by atoms with Gasteiger partial charge < -0.3 is 15.5 Å². The summed E-state index contributed by atoms with van der Waals surface area (Å²) >= 11 is 0. The van der Waals surface area contributed by atoms with Crippen LogP contribution in [0, 0.1) is 5.92 Å². The fraction of sp³-hybridized carbons (Fsp3) is 0.722. The van der Waals surface area contributed by atoms with Gasteiger partial charge in [-0.25, -0.2) is 9.97 Å². The van der Waals surface area contributed by atoms with Crippen LogP contribution in [-0.2, 0) is 4.79 Å². The molecule has 2 fully saturated rings. The minimum atomic E-state index is 0.204. The molecule has 25 heavy (non-hydrogen) atoms. The first-order valence-electron chi connectivity index (χ1n) is 9.53. The van der Waals surface area contributed by atoms with E-state index in [9.17, 15) is 4.79 Å². The van der Waals surface area contributed by atoms with Crippen LogP contribution in [0.3, 0.4) is 0 Å². The number of hydrogen-bond donors (Lipinski definition) is 2. The summed E-state index contributed by atoms with van der Waals surface area (Å²) in [5, 5.41) is 6.45. The largest absolute Gasteiger partial charge is 0.355 e. The maximum atomic E-state index is 12.0. The third-order valence-electron chi connectivity index (χ3n) is 5.20. The normalized spacial score (nSPS) is 19.8. The first kappa shape index (κ1) is 18.1. The Bertz CT molecular complexity index is 512. The number of nitrogens with one attached hydrogen (secondary N) is 2. The second kappa shape index (κ2) is 9.68. The number of carbonyl (C=O) groups is 1. The molecule has 2 aliphatic heterocycles. The zero-order valence-electron chi connectivity index (χ0n) is 15.0. The molecule has 2 saturated heterocycles. The lowest BCUT2D eigenvalue weighted by Gasteiger charge is -2.34. The van der Waals surface area contributed by atoms with Crippen molar-refractivity contribution in [2.75, 3.05) is 57.3 Å².